The first-order valence-electron chi connectivity index (χ1n) is 7.08. The van der Waals surface area contributed by atoms with E-state index < -0.39 is 9.84 Å². The van der Waals surface area contributed by atoms with Crippen molar-refractivity contribution in [3.63, 3.8) is 0 Å². The molecule has 1 aromatic carbocycles. The zero-order chi connectivity index (χ0) is 14.5. The molecule has 3 rings (SSSR count). The standard InChI is InChI=1S/C15H22N2O2S/c1-15(2)14-9-16-8-11(14)10-17(15)12-4-6-13(7-5-12)20(3,18)19/h4-7,11,14,16H,8-10H2,1-3H3. The minimum Gasteiger partial charge on any atom is -0.366 e. The van der Waals surface area contributed by atoms with Gasteiger partial charge >= 0.3 is 0 Å². The van der Waals surface area contributed by atoms with Gasteiger partial charge in [-0.15, -0.1) is 0 Å². The zero-order valence-electron chi connectivity index (χ0n) is 12.3. The molecule has 2 unspecified atom stereocenters. The van der Waals surface area contributed by atoms with Crippen molar-refractivity contribution in [2.45, 2.75) is 24.3 Å². The van der Waals surface area contributed by atoms with E-state index in [4.69, 9.17) is 0 Å². The van der Waals surface area contributed by atoms with Crippen LogP contribution in [0.2, 0.25) is 0 Å². The predicted octanol–water partition coefficient (Wildman–Crippen LogP) is 1.52. The molecular weight excluding hydrogens is 272 g/mol. The van der Waals surface area contributed by atoms with E-state index in [0.29, 0.717) is 16.7 Å². The molecule has 110 valence electrons. The van der Waals surface area contributed by atoms with Crippen LogP contribution in [0.5, 0.6) is 0 Å². The van der Waals surface area contributed by atoms with Crippen molar-refractivity contribution in [2.75, 3.05) is 30.8 Å². The number of fused-ring (bicyclic) bond motifs is 1. The summed E-state index contributed by atoms with van der Waals surface area (Å²) in [5, 5.41) is 3.47. The second-order valence-corrected chi connectivity index (χ2v) is 8.57. The van der Waals surface area contributed by atoms with Crippen LogP contribution in [0.4, 0.5) is 5.69 Å². The minimum atomic E-state index is -3.12. The molecule has 2 heterocycles. The summed E-state index contributed by atoms with van der Waals surface area (Å²) in [7, 11) is -3.12. The molecule has 0 aliphatic carbocycles. The molecule has 2 saturated heterocycles. The van der Waals surface area contributed by atoms with Crippen molar-refractivity contribution in [3.05, 3.63) is 24.3 Å². The van der Waals surface area contributed by atoms with Crippen LogP contribution < -0.4 is 10.2 Å². The van der Waals surface area contributed by atoms with Gasteiger partial charge in [-0.05, 0) is 49.9 Å². The number of benzene rings is 1. The number of sulfone groups is 1. The summed E-state index contributed by atoms with van der Waals surface area (Å²) >= 11 is 0. The first-order valence-corrected chi connectivity index (χ1v) is 8.98. The lowest BCUT2D eigenvalue weighted by Crippen LogP contribution is -2.44. The van der Waals surface area contributed by atoms with Crippen molar-refractivity contribution in [2.24, 2.45) is 11.8 Å². The van der Waals surface area contributed by atoms with Gasteiger partial charge in [0.05, 0.1) is 4.90 Å². The largest absolute Gasteiger partial charge is 0.366 e. The Morgan fingerprint density at radius 1 is 1.20 bits per heavy atom. The van der Waals surface area contributed by atoms with E-state index in [2.05, 4.69) is 24.1 Å². The number of hydrogen-bond acceptors (Lipinski definition) is 4. The third-order valence-electron chi connectivity index (χ3n) is 4.94. The Morgan fingerprint density at radius 3 is 2.40 bits per heavy atom. The van der Waals surface area contributed by atoms with Crippen LogP contribution in [0.25, 0.3) is 0 Å². The molecule has 2 aliphatic rings. The van der Waals surface area contributed by atoms with Crippen molar-refractivity contribution in [1.29, 1.82) is 0 Å². The van der Waals surface area contributed by atoms with Crippen molar-refractivity contribution < 1.29 is 8.42 Å². The van der Waals surface area contributed by atoms with Crippen LogP contribution in [0.3, 0.4) is 0 Å². The molecule has 0 radical (unpaired) electrons. The Bertz CT molecular complexity index is 607. The molecule has 2 fully saturated rings. The Labute approximate surface area is 121 Å². The maximum absolute atomic E-state index is 11.5. The summed E-state index contributed by atoms with van der Waals surface area (Å²) in [5.74, 6) is 1.36. The Balaban J connectivity index is 1.90. The molecular formula is C15H22N2O2S. The number of anilines is 1. The highest BCUT2D eigenvalue weighted by Crippen LogP contribution is 2.43. The predicted molar refractivity (Wildman–Crippen MR) is 80.8 cm³/mol. The molecule has 1 aromatic rings. The summed E-state index contributed by atoms with van der Waals surface area (Å²) in [6.45, 7) is 7.79. The van der Waals surface area contributed by atoms with Crippen molar-refractivity contribution in [1.82, 2.24) is 5.32 Å². The highest BCUT2D eigenvalue weighted by Gasteiger charge is 2.49. The number of hydrogen-bond donors (Lipinski definition) is 1. The lowest BCUT2D eigenvalue weighted by molar-refractivity contribution is 0.357. The Kier molecular flexibility index (Phi) is 3.10. The smallest absolute Gasteiger partial charge is 0.175 e. The van der Waals surface area contributed by atoms with Gasteiger partial charge in [-0.2, -0.15) is 0 Å². The molecule has 0 amide bonds. The van der Waals surface area contributed by atoms with Crippen LogP contribution in [-0.2, 0) is 9.84 Å². The highest BCUT2D eigenvalue weighted by molar-refractivity contribution is 7.90. The van der Waals surface area contributed by atoms with Crippen LogP contribution in [0, 0.1) is 11.8 Å². The summed E-state index contributed by atoms with van der Waals surface area (Å²) in [4.78, 5) is 2.81. The second kappa shape index (κ2) is 4.46. The van der Waals surface area contributed by atoms with Gasteiger partial charge in [0.25, 0.3) is 0 Å². The zero-order valence-corrected chi connectivity index (χ0v) is 13.1. The second-order valence-electron chi connectivity index (χ2n) is 6.56. The lowest BCUT2D eigenvalue weighted by Gasteiger charge is -2.37. The molecule has 5 heteroatoms. The summed E-state index contributed by atoms with van der Waals surface area (Å²) < 4.78 is 23.1. The third kappa shape index (κ3) is 2.13. The molecule has 20 heavy (non-hydrogen) atoms. The maximum atomic E-state index is 11.5. The summed E-state index contributed by atoms with van der Waals surface area (Å²) in [5.41, 5.74) is 1.23. The topological polar surface area (TPSA) is 49.4 Å². The molecule has 2 atom stereocenters. The van der Waals surface area contributed by atoms with Gasteiger partial charge in [0, 0.05) is 37.1 Å². The monoisotopic (exact) mass is 294 g/mol. The molecule has 0 spiro atoms. The molecule has 1 N–H and O–H groups in total. The number of nitrogens with zero attached hydrogens (tertiary/aromatic N) is 1. The Hall–Kier alpha value is -1.07. The van der Waals surface area contributed by atoms with Gasteiger partial charge in [-0.25, -0.2) is 8.42 Å². The van der Waals surface area contributed by atoms with Crippen molar-refractivity contribution >= 4 is 15.5 Å². The fourth-order valence-electron chi connectivity index (χ4n) is 3.73. The van der Waals surface area contributed by atoms with Gasteiger partial charge in [0.2, 0.25) is 0 Å². The maximum Gasteiger partial charge on any atom is 0.175 e. The summed E-state index contributed by atoms with van der Waals surface area (Å²) in [6.07, 6.45) is 1.25. The Morgan fingerprint density at radius 2 is 1.85 bits per heavy atom. The fraction of sp³-hybridized carbons (Fsp3) is 0.600. The average molecular weight is 294 g/mol. The van der Waals surface area contributed by atoms with Crippen LogP contribution in [0.15, 0.2) is 29.2 Å². The van der Waals surface area contributed by atoms with Gasteiger partial charge < -0.3 is 10.2 Å². The highest BCUT2D eigenvalue weighted by atomic mass is 32.2. The van der Waals surface area contributed by atoms with Crippen LogP contribution in [-0.4, -0.2) is 39.8 Å². The van der Waals surface area contributed by atoms with Gasteiger partial charge in [0.1, 0.15) is 0 Å². The van der Waals surface area contributed by atoms with Crippen LogP contribution >= 0.6 is 0 Å². The first kappa shape index (κ1) is 13.9. The van der Waals surface area contributed by atoms with E-state index in [0.717, 1.165) is 25.3 Å². The minimum absolute atomic E-state index is 0.112. The quantitative estimate of drug-likeness (QED) is 0.898. The fourth-order valence-corrected chi connectivity index (χ4v) is 4.36. The molecule has 4 nitrogen and oxygen atoms in total. The van der Waals surface area contributed by atoms with Gasteiger partial charge in [-0.3, -0.25) is 0 Å². The SMILES string of the molecule is CC1(C)C2CNCC2CN1c1ccc(S(C)(=O)=O)cc1. The van der Waals surface area contributed by atoms with Crippen LogP contribution in [0.1, 0.15) is 13.8 Å². The van der Waals surface area contributed by atoms with E-state index in [9.17, 15) is 8.42 Å². The normalized spacial score (nSPS) is 28.6. The van der Waals surface area contributed by atoms with E-state index in [-0.39, 0.29) is 5.54 Å². The molecule has 0 bridgehead atoms. The molecule has 0 aromatic heterocycles. The van der Waals surface area contributed by atoms with E-state index in [1.54, 1.807) is 12.1 Å². The van der Waals surface area contributed by atoms with E-state index >= 15 is 0 Å². The lowest BCUT2D eigenvalue weighted by atomic mass is 9.85. The first-order chi connectivity index (χ1) is 9.30. The van der Waals surface area contributed by atoms with E-state index in [1.807, 2.05) is 12.1 Å². The van der Waals surface area contributed by atoms with E-state index in [1.165, 1.54) is 6.26 Å². The summed E-state index contributed by atoms with van der Waals surface area (Å²) in [6, 6.07) is 7.30. The van der Waals surface area contributed by atoms with Gasteiger partial charge in [-0.1, -0.05) is 0 Å². The number of rotatable bonds is 2. The molecule has 2 aliphatic heterocycles. The average Bonchev–Trinajstić information content (AvgIpc) is 2.91. The molecule has 0 saturated carbocycles. The van der Waals surface area contributed by atoms with Gasteiger partial charge in [0.15, 0.2) is 9.84 Å². The van der Waals surface area contributed by atoms with Crippen molar-refractivity contribution in [3.8, 4) is 0 Å². The third-order valence-corrected chi connectivity index (χ3v) is 6.06. The number of nitrogens with one attached hydrogen (secondary N) is 1.